The van der Waals surface area contributed by atoms with Crippen molar-refractivity contribution < 1.29 is 9.36 Å². The Morgan fingerprint density at radius 2 is 2.08 bits per heavy atom. The Morgan fingerprint density at radius 3 is 2.88 bits per heavy atom. The van der Waals surface area contributed by atoms with Crippen LogP contribution >= 0.6 is 0 Å². The van der Waals surface area contributed by atoms with Crippen LogP contribution in [0.15, 0.2) is 48.8 Å². The Morgan fingerprint density at radius 1 is 1.25 bits per heavy atom. The lowest BCUT2D eigenvalue weighted by Gasteiger charge is -2.04. The van der Waals surface area contributed by atoms with Crippen molar-refractivity contribution in [2.45, 2.75) is 32.7 Å². The number of H-pyrrole nitrogens is 1. The van der Waals surface area contributed by atoms with Gasteiger partial charge in [0.25, 0.3) is 0 Å². The summed E-state index contributed by atoms with van der Waals surface area (Å²) in [7, 11) is 0. The van der Waals surface area contributed by atoms with Crippen molar-refractivity contribution in [3.63, 3.8) is 0 Å². The molecule has 0 aliphatic carbocycles. The maximum absolute atomic E-state index is 11.7. The number of para-hydroxylation sites is 1. The van der Waals surface area contributed by atoms with Crippen LogP contribution in [0.5, 0.6) is 0 Å². The lowest BCUT2D eigenvalue weighted by molar-refractivity contribution is -0.696. The normalized spacial score (nSPS) is 10.9. The molecule has 0 bridgehead atoms. The Hall–Kier alpha value is -2.66. The standard InChI is InChI=1S/C19H22N4O/c1-2-14-6-5-10-23(13-14)11-9-16-15-7-3-4-8-17(15)21-18(16)12-19(24)22-20/h3-8,10,13,21H,2,9,11-12,20H2,1H3/p+1. The highest BCUT2D eigenvalue weighted by atomic mass is 16.2. The van der Waals surface area contributed by atoms with Gasteiger partial charge >= 0.3 is 0 Å². The van der Waals surface area contributed by atoms with E-state index in [1.54, 1.807) is 0 Å². The van der Waals surface area contributed by atoms with E-state index in [1.165, 1.54) is 16.5 Å². The molecule has 0 fully saturated rings. The summed E-state index contributed by atoms with van der Waals surface area (Å²) in [6.07, 6.45) is 6.41. The van der Waals surface area contributed by atoms with Gasteiger partial charge in [-0.05, 0) is 24.1 Å². The molecule has 24 heavy (non-hydrogen) atoms. The highest BCUT2D eigenvalue weighted by molar-refractivity contribution is 5.87. The van der Waals surface area contributed by atoms with Gasteiger partial charge in [0.15, 0.2) is 18.9 Å². The van der Waals surface area contributed by atoms with Gasteiger partial charge in [-0.1, -0.05) is 25.1 Å². The van der Waals surface area contributed by atoms with E-state index in [-0.39, 0.29) is 12.3 Å². The van der Waals surface area contributed by atoms with E-state index in [0.717, 1.165) is 30.6 Å². The zero-order chi connectivity index (χ0) is 16.9. The Balaban J connectivity index is 1.88. The summed E-state index contributed by atoms with van der Waals surface area (Å²) in [6.45, 7) is 3.02. The smallest absolute Gasteiger partial charge is 0.239 e. The first-order valence-electron chi connectivity index (χ1n) is 8.27. The number of nitrogens with two attached hydrogens (primary N) is 1. The number of rotatable bonds is 6. The number of fused-ring (bicyclic) bond motifs is 1. The number of aromatic nitrogens is 2. The SMILES string of the molecule is CCc1ccc[n+](CCc2c(CC(=O)NN)[nH]c3ccccc23)c1. The summed E-state index contributed by atoms with van der Waals surface area (Å²) in [5.41, 5.74) is 6.70. The molecule has 0 atom stereocenters. The van der Waals surface area contributed by atoms with Crippen molar-refractivity contribution in [1.82, 2.24) is 10.4 Å². The minimum absolute atomic E-state index is 0.191. The predicted octanol–water partition coefficient (Wildman–Crippen LogP) is 1.79. The van der Waals surface area contributed by atoms with Crippen LogP contribution in [-0.4, -0.2) is 10.9 Å². The van der Waals surface area contributed by atoms with Crippen LogP contribution in [0.2, 0.25) is 0 Å². The van der Waals surface area contributed by atoms with Crippen molar-refractivity contribution in [3.8, 4) is 0 Å². The molecule has 124 valence electrons. The van der Waals surface area contributed by atoms with E-state index in [0.29, 0.717) is 0 Å². The van der Waals surface area contributed by atoms with E-state index in [2.05, 4.69) is 52.5 Å². The van der Waals surface area contributed by atoms with Crippen LogP contribution in [0.4, 0.5) is 0 Å². The van der Waals surface area contributed by atoms with Gasteiger partial charge in [0, 0.05) is 34.6 Å². The fourth-order valence-electron chi connectivity index (χ4n) is 3.07. The monoisotopic (exact) mass is 323 g/mol. The molecule has 0 unspecified atom stereocenters. The van der Waals surface area contributed by atoms with Crippen LogP contribution in [0.3, 0.4) is 0 Å². The van der Waals surface area contributed by atoms with Gasteiger partial charge in [-0.15, -0.1) is 0 Å². The van der Waals surface area contributed by atoms with Gasteiger partial charge in [-0.2, -0.15) is 0 Å². The van der Waals surface area contributed by atoms with Crippen molar-refractivity contribution in [2.24, 2.45) is 5.84 Å². The topological polar surface area (TPSA) is 74.8 Å². The quantitative estimate of drug-likeness (QED) is 0.280. The molecule has 2 aromatic heterocycles. The molecule has 3 rings (SSSR count). The van der Waals surface area contributed by atoms with Gasteiger partial charge in [0.1, 0.15) is 0 Å². The molecule has 0 aliphatic rings. The summed E-state index contributed by atoms with van der Waals surface area (Å²) < 4.78 is 2.20. The number of amides is 1. The number of hydrogen-bond donors (Lipinski definition) is 3. The number of pyridine rings is 1. The fourth-order valence-corrected chi connectivity index (χ4v) is 3.07. The van der Waals surface area contributed by atoms with Gasteiger partial charge in [0.2, 0.25) is 5.91 Å². The highest BCUT2D eigenvalue weighted by Gasteiger charge is 2.15. The summed E-state index contributed by atoms with van der Waals surface area (Å²) in [4.78, 5) is 15.1. The van der Waals surface area contributed by atoms with Gasteiger partial charge < -0.3 is 4.98 Å². The van der Waals surface area contributed by atoms with E-state index in [1.807, 2.05) is 18.2 Å². The minimum atomic E-state index is -0.191. The summed E-state index contributed by atoms with van der Waals surface area (Å²) >= 11 is 0. The van der Waals surface area contributed by atoms with E-state index in [4.69, 9.17) is 5.84 Å². The van der Waals surface area contributed by atoms with E-state index >= 15 is 0 Å². The molecule has 0 spiro atoms. The molecule has 1 amide bonds. The maximum atomic E-state index is 11.7. The third-order valence-corrected chi connectivity index (χ3v) is 4.35. The highest BCUT2D eigenvalue weighted by Crippen LogP contribution is 2.23. The summed E-state index contributed by atoms with van der Waals surface area (Å²) in [5.74, 6) is 5.05. The zero-order valence-electron chi connectivity index (χ0n) is 13.9. The van der Waals surface area contributed by atoms with E-state index < -0.39 is 0 Å². The lowest BCUT2D eigenvalue weighted by atomic mass is 10.1. The van der Waals surface area contributed by atoms with Gasteiger partial charge in [0.05, 0.1) is 6.42 Å². The number of aromatic amines is 1. The molecule has 3 aromatic rings. The number of benzene rings is 1. The number of nitrogens with zero attached hydrogens (tertiary/aromatic N) is 1. The molecule has 0 radical (unpaired) electrons. The molecule has 5 nitrogen and oxygen atoms in total. The van der Waals surface area contributed by atoms with Gasteiger partial charge in [-0.25, -0.2) is 10.4 Å². The van der Waals surface area contributed by atoms with Crippen LogP contribution in [0, 0.1) is 0 Å². The zero-order valence-corrected chi connectivity index (χ0v) is 13.9. The largest absolute Gasteiger partial charge is 0.358 e. The first kappa shape index (κ1) is 16.2. The van der Waals surface area contributed by atoms with Crippen molar-refractivity contribution in [3.05, 3.63) is 65.6 Å². The van der Waals surface area contributed by atoms with Crippen LogP contribution < -0.4 is 15.8 Å². The molecule has 5 heteroatoms. The fraction of sp³-hybridized carbons (Fsp3) is 0.263. The lowest BCUT2D eigenvalue weighted by Crippen LogP contribution is -2.35. The first-order valence-corrected chi connectivity index (χ1v) is 8.27. The summed E-state index contributed by atoms with van der Waals surface area (Å²) in [6, 6.07) is 12.4. The maximum Gasteiger partial charge on any atom is 0.239 e. The molecule has 0 saturated heterocycles. The second kappa shape index (κ2) is 7.27. The number of nitrogens with one attached hydrogen (secondary N) is 2. The van der Waals surface area contributed by atoms with Crippen molar-refractivity contribution >= 4 is 16.8 Å². The summed E-state index contributed by atoms with van der Waals surface area (Å²) in [5, 5.41) is 1.17. The second-order valence-electron chi connectivity index (χ2n) is 5.93. The number of aryl methyl sites for hydroxylation is 3. The van der Waals surface area contributed by atoms with Crippen LogP contribution in [0.25, 0.3) is 10.9 Å². The number of hydrogen-bond acceptors (Lipinski definition) is 2. The average molecular weight is 323 g/mol. The molecule has 0 aliphatic heterocycles. The first-order chi connectivity index (χ1) is 11.7. The van der Waals surface area contributed by atoms with E-state index in [9.17, 15) is 4.79 Å². The Labute approximate surface area is 141 Å². The molecular formula is C19H23N4O+. The molecule has 4 N–H and O–H groups in total. The second-order valence-corrected chi connectivity index (χ2v) is 5.93. The van der Waals surface area contributed by atoms with Gasteiger partial charge in [-0.3, -0.25) is 10.2 Å². The van der Waals surface area contributed by atoms with Crippen LogP contribution in [-0.2, 0) is 30.6 Å². The molecule has 0 saturated carbocycles. The number of carbonyl (C=O) groups is 1. The molecular weight excluding hydrogens is 300 g/mol. The number of carbonyl (C=O) groups excluding carboxylic acids is 1. The Kier molecular flexibility index (Phi) is 4.91. The third-order valence-electron chi connectivity index (χ3n) is 4.35. The minimum Gasteiger partial charge on any atom is -0.358 e. The Bertz CT molecular complexity index is 853. The number of hydrazine groups is 1. The van der Waals surface area contributed by atoms with Crippen LogP contribution in [0.1, 0.15) is 23.7 Å². The molecule has 1 aromatic carbocycles. The predicted molar refractivity (Wildman–Crippen MR) is 94.1 cm³/mol. The third kappa shape index (κ3) is 3.46. The van der Waals surface area contributed by atoms with Crippen molar-refractivity contribution in [2.75, 3.05) is 0 Å². The molecule has 2 heterocycles. The average Bonchev–Trinajstić information content (AvgIpc) is 2.97. The van der Waals surface area contributed by atoms with Crippen molar-refractivity contribution in [1.29, 1.82) is 0 Å².